The molecule has 0 saturated heterocycles. The number of rotatable bonds is 2. The van der Waals surface area contributed by atoms with E-state index in [0.29, 0.717) is 0 Å². The molecule has 2 atom stereocenters. The summed E-state index contributed by atoms with van der Waals surface area (Å²) < 4.78 is 6.19. The van der Waals surface area contributed by atoms with Crippen LogP contribution < -0.4 is 4.74 Å². The van der Waals surface area contributed by atoms with Crippen LogP contribution in [0.25, 0.3) is 0 Å². The van der Waals surface area contributed by atoms with E-state index in [4.69, 9.17) is 4.74 Å². The molecule has 1 aromatic rings. The molecule has 0 aromatic heterocycles. The SMILES string of the molecule is CCC1(C)Oc2c(C)c(C)cc(C)c2C1C(C)=O. The largest absolute Gasteiger partial charge is 0.486 e. The van der Waals surface area contributed by atoms with Crippen LogP contribution in [0.4, 0.5) is 0 Å². The third kappa shape index (κ3) is 1.66. The van der Waals surface area contributed by atoms with E-state index in [9.17, 15) is 4.79 Å². The molecule has 0 bridgehead atoms. The van der Waals surface area contributed by atoms with Crippen LogP contribution in [0.3, 0.4) is 0 Å². The van der Waals surface area contributed by atoms with Gasteiger partial charge in [-0.2, -0.15) is 0 Å². The molecule has 0 radical (unpaired) electrons. The number of carbonyl (C=O) groups excluding carboxylic acids is 1. The zero-order chi connectivity index (χ0) is 13.7. The number of benzene rings is 1. The second kappa shape index (κ2) is 4.11. The van der Waals surface area contributed by atoms with Gasteiger partial charge in [0.25, 0.3) is 0 Å². The standard InChI is InChI=1S/C16H22O2/c1-7-16(6)14(12(5)17)13-10(3)8-9(2)11(4)15(13)18-16/h8,14H,7H2,1-6H3. The van der Waals surface area contributed by atoms with Gasteiger partial charge in [-0.05, 0) is 57.7 Å². The second-order valence-corrected chi connectivity index (χ2v) is 5.69. The summed E-state index contributed by atoms with van der Waals surface area (Å²) in [6.45, 7) is 12.0. The molecule has 1 aromatic carbocycles. The van der Waals surface area contributed by atoms with Crippen LogP contribution >= 0.6 is 0 Å². The van der Waals surface area contributed by atoms with Crippen molar-refractivity contribution in [3.8, 4) is 5.75 Å². The molecule has 98 valence electrons. The summed E-state index contributed by atoms with van der Waals surface area (Å²) in [6.07, 6.45) is 0.837. The first-order valence-electron chi connectivity index (χ1n) is 6.62. The van der Waals surface area contributed by atoms with E-state index in [-0.39, 0.29) is 11.7 Å². The Balaban J connectivity index is 2.71. The number of hydrogen-bond donors (Lipinski definition) is 0. The van der Waals surface area contributed by atoms with Gasteiger partial charge >= 0.3 is 0 Å². The van der Waals surface area contributed by atoms with Gasteiger partial charge in [-0.25, -0.2) is 0 Å². The van der Waals surface area contributed by atoms with Gasteiger partial charge in [-0.1, -0.05) is 13.0 Å². The average molecular weight is 246 g/mol. The van der Waals surface area contributed by atoms with E-state index in [2.05, 4.69) is 33.8 Å². The van der Waals surface area contributed by atoms with Crippen LogP contribution in [0.5, 0.6) is 5.75 Å². The lowest BCUT2D eigenvalue weighted by Gasteiger charge is -2.28. The molecule has 0 aliphatic carbocycles. The number of carbonyl (C=O) groups is 1. The Bertz CT molecular complexity index is 516. The zero-order valence-corrected chi connectivity index (χ0v) is 12.2. The molecule has 1 heterocycles. The summed E-state index contributed by atoms with van der Waals surface area (Å²) >= 11 is 0. The number of aryl methyl sites for hydroxylation is 2. The fourth-order valence-corrected chi connectivity index (χ4v) is 3.07. The first kappa shape index (κ1) is 13.1. The van der Waals surface area contributed by atoms with E-state index < -0.39 is 5.60 Å². The number of fused-ring (bicyclic) bond motifs is 1. The lowest BCUT2D eigenvalue weighted by Crippen LogP contribution is -2.37. The highest BCUT2D eigenvalue weighted by Crippen LogP contribution is 2.50. The van der Waals surface area contributed by atoms with E-state index in [1.165, 1.54) is 16.7 Å². The van der Waals surface area contributed by atoms with Gasteiger partial charge < -0.3 is 4.74 Å². The molecule has 2 rings (SSSR count). The van der Waals surface area contributed by atoms with Gasteiger partial charge in [-0.3, -0.25) is 4.79 Å². The summed E-state index contributed by atoms with van der Waals surface area (Å²) in [7, 11) is 0. The van der Waals surface area contributed by atoms with Crippen LogP contribution in [0.1, 0.15) is 55.4 Å². The molecule has 1 aliphatic heterocycles. The highest BCUT2D eigenvalue weighted by Gasteiger charge is 2.47. The van der Waals surface area contributed by atoms with Gasteiger partial charge in [0.2, 0.25) is 0 Å². The van der Waals surface area contributed by atoms with Crippen LogP contribution in [0, 0.1) is 20.8 Å². The zero-order valence-electron chi connectivity index (χ0n) is 12.2. The number of ketones is 1. The fraction of sp³-hybridized carbons (Fsp3) is 0.562. The van der Waals surface area contributed by atoms with Crippen LogP contribution in [0.15, 0.2) is 6.07 Å². The maximum atomic E-state index is 12.1. The molecule has 2 nitrogen and oxygen atoms in total. The van der Waals surface area contributed by atoms with Crippen molar-refractivity contribution in [3.63, 3.8) is 0 Å². The summed E-state index contributed by atoms with van der Waals surface area (Å²) in [4.78, 5) is 12.1. The predicted molar refractivity (Wildman–Crippen MR) is 73.4 cm³/mol. The third-order valence-electron chi connectivity index (χ3n) is 4.38. The predicted octanol–water partition coefficient (Wildman–Crippen LogP) is 3.85. The first-order chi connectivity index (χ1) is 8.31. The van der Waals surface area contributed by atoms with Crippen molar-refractivity contribution in [2.24, 2.45) is 0 Å². The Morgan fingerprint density at radius 3 is 2.44 bits per heavy atom. The molecular formula is C16H22O2. The van der Waals surface area contributed by atoms with Crippen LogP contribution in [-0.4, -0.2) is 11.4 Å². The van der Waals surface area contributed by atoms with Crippen molar-refractivity contribution in [1.82, 2.24) is 0 Å². The molecule has 2 heteroatoms. The van der Waals surface area contributed by atoms with E-state index in [1.807, 2.05) is 6.92 Å². The fourth-order valence-electron chi connectivity index (χ4n) is 3.07. The number of Topliss-reactive ketones (excluding diaryl/α,β-unsaturated/α-hetero) is 1. The normalized spacial score (nSPS) is 25.8. The van der Waals surface area contributed by atoms with Crippen molar-refractivity contribution in [2.45, 2.75) is 59.5 Å². The minimum absolute atomic E-state index is 0.128. The first-order valence-corrected chi connectivity index (χ1v) is 6.62. The van der Waals surface area contributed by atoms with Crippen molar-refractivity contribution < 1.29 is 9.53 Å². The Kier molecular flexibility index (Phi) is 3.00. The maximum Gasteiger partial charge on any atom is 0.141 e. The molecular weight excluding hydrogens is 224 g/mol. The van der Waals surface area contributed by atoms with Gasteiger partial charge in [0, 0.05) is 5.56 Å². The third-order valence-corrected chi connectivity index (χ3v) is 4.38. The molecule has 0 saturated carbocycles. The monoisotopic (exact) mass is 246 g/mol. The lowest BCUT2D eigenvalue weighted by molar-refractivity contribution is -0.121. The Labute approximate surface area is 109 Å². The van der Waals surface area contributed by atoms with Crippen LogP contribution in [-0.2, 0) is 4.79 Å². The maximum absolute atomic E-state index is 12.1. The highest BCUT2D eigenvalue weighted by molar-refractivity contribution is 5.87. The second-order valence-electron chi connectivity index (χ2n) is 5.69. The number of ether oxygens (including phenoxy) is 1. The van der Waals surface area contributed by atoms with E-state index >= 15 is 0 Å². The van der Waals surface area contributed by atoms with Crippen molar-refractivity contribution in [2.75, 3.05) is 0 Å². The molecule has 18 heavy (non-hydrogen) atoms. The topological polar surface area (TPSA) is 26.3 Å². The van der Waals surface area contributed by atoms with Gasteiger partial charge in [0.15, 0.2) is 0 Å². The minimum Gasteiger partial charge on any atom is -0.486 e. The van der Waals surface area contributed by atoms with Gasteiger partial charge in [0.1, 0.15) is 17.1 Å². The Hall–Kier alpha value is -1.31. The summed E-state index contributed by atoms with van der Waals surface area (Å²) in [6, 6.07) is 2.16. The van der Waals surface area contributed by atoms with Crippen LogP contribution in [0.2, 0.25) is 0 Å². The van der Waals surface area contributed by atoms with Gasteiger partial charge in [0.05, 0.1) is 5.92 Å². The van der Waals surface area contributed by atoms with Crippen molar-refractivity contribution in [1.29, 1.82) is 0 Å². The lowest BCUT2D eigenvalue weighted by atomic mass is 9.79. The Morgan fingerprint density at radius 2 is 1.94 bits per heavy atom. The quantitative estimate of drug-likeness (QED) is 0.792. The molecule has 1 aliphatic rings. The molecule has 0 fully saturated rings. The van der Waals surface area contributed by atoms with Crippen molar-refractivity contribution >= 4 is 5.78 Å². The van der Waals surface area contributed by atoms with E-state index in [1.54, 1.807) is 6.92 Å². The van der Waals surface area contributed by atoms with E-state index in [0.717, 1.165) is 17.7 Å². The smallest absolute Gasteiger partial charge is 0.141 e. The molecule has 0 spiro atoms. The molecule has 2 unspecified atom stereocenters. The number of hydrogen-bond acceptors (Lipinski definition) is 2. The minimum atomic E-state index is -0.391. The Morgan fingerprint density at radius 1 is 1.33 bits per heavy atom. The average Bonchev–Trinajstić information content (AvgIpc) is 2.61. The highest BCUT2D eigenvalue weighted by atomic mass is 16.5. The molecule has 0 N–H and O–H groups in total. The summed E-state index contributed by atoms with van der Waals surface area (Å²) in [5.41, 5.74) is 4.28. The summed E-state index contributed by atoms with van der Waals surface area (Å²) in [5, 5.41) is 0. The van der Waals surface area contributed by atoms with Crippen molar-refractivity contribution in [3.05, 3.63) is 28.3 Å². The summed E-state index contributed by atoms with van der Waals surface area (Å²) in [5.74, 6) is 1.01. The van der Waals surface area contributed by atoms with Gasteiger partial charge in [-0.15, -0.1) is 0 Å². The molecule has 0 amide bonds.